The normalized spacial score (nSPS) is 12.8. The van der Waals surface area contributed by atoms with Crippen molar-refractivity contribution in [3.05, 3.63) is 0 Å². The molecule has 1 atom stereocenters. The van der Waals surface area contributed by atoms with E-state index in [0.717, 1.165) is 12.8 Å². The van der Waals surface area contributed by atoms with Gasteiger partial charge in [0.05, 0.1) is 0 Å². The lowest BCUT2D eigenvalue weighted by Crippen LogP contribution is -2.49. The number of amides is 2. The van der Waals surface area contributed by atoms with E-state index in [2.05, 4.69) is 17.6 Å². The summed E-state index contributed by atoms with van der Waals surface area (Å²) in [4.78, 5) is 24.3. The van der Waals surface area contributed by atoms with Gasteiger partial charge in [-0.15, -0.1) is 0 Å². The summed E-state index contributed by atoms with van der Waals surface area (Å²) in [6.07, 6.45) is 7.18. The maximum Gasteiger partial charge on any atom is 0.408 e. The van der Waals surface area contributed by atoms with Crippen molar-refractivity contribution in [1.29, 1.82) is 0 Å². The molecular weight excluding hydrogens is 304 g/mol. The molecule has 0 aromatic heterocycles. The second-order valence-electron chi connectivity index (χ2n) is 7.89. The van der Waals surface area contributed by atoms with Crippen molar-refractivity contribution in [3.8, 4) is 0 Å². The molecule has 0 unspecified atom stereocenters. The largest absolute Gasteiger partial charge is 0.444 e. The summed E-state index contributed by atoms with van der Waals surface area (Å²) in [5.41, 5.74) is -0.568. The molecule has 0 spiro atoms. The van der Waals surface area contributed by atoms with Crippen molar-refractivity contribution in [2.24, 2.45) is 5.92 Å². The molecule has 0 bridgehead atoms. The first-order chi connectivity index (χ1) is 11.2. The first-order valence-corrected chi connectivity index (χ1v) is 9.43. The van der Waals surface area contributed by atoms with Gasteiger partial charge in [-0.1, -0.05) is 52.9 Å². The van der Waals surface area contributed by atoms with Crippen LogP contribution in [0.2, 0.25) is 0 Å². The van der Waals surface area contributed by atoms with Crippen LogP contribution in [0.15, 0.2) is 0 Å². The van der Waals surface area contributed by atoms with E-state index in [1.54, 1.807) is 0 Å². The van der Waals surface area contributed by atoms with Crippen LogP contribution < -0.4 is 10.6 Å². The van der Waals surface area contributed by atoms with Gasteiger partial charge in [0.1, 0.15) is 11.6 Å². The molecule has 24 heavy (non-hydrogen) atoms. The zero-order valence-electron chi connectivity index (χ0n) is 16.5. The second-order valence-corrected chi connectivity index (χ2v) is 7.89. The highest BCUT2D eigenvalue weighted by atomic mass is 16.6. The number of hydrogen-bond donors (Lipinski definition) is 2. The molecule has 0 rings (SSSR count). The highest BCUT2D eigenvalue weighted by Crippen LogP contribution is 2.10. The van der Waals surface area contributed by atoms with Gasteiger partial charge in [-0.3, -0.25) is 4.79 Å². The molecular formula is C19H38N2O3. The van der Waals surface area contributed by atoms with E-state index in [0.29, 0.717) is 18.9 Å². The van der Waals surface area contributed by atoms with E-state index in [1.165, 1.54) is 25.7 Å². The maximum atomic E-state index is 12.3. The minimum atomic E-state index is -0.568. The third kappa shape index (κ3) is 13.2. The molecule has 0 radical (unpaired) electrons. The van der Waals surface area contributed by atoms with Crippen molar-refractivity contribution in [3.63, 3.8) is 0 Å². The van der Waals surface area contributed by atoms with Crippen LogP contribution in [0.25, 0.3) is 0 Å². The first-order valence-electron chi connectivity index (χ1n) is 9.43. The molecule has 0 heterocycles. The van der Waals surface area contributed by atoms with Gasteiger partial charge in [0, 0.05) is 6.54 Å². The Labute approximate surface area is 148 Å². The van der Waals surface area contributed by atoms with Crippen LogP contribution >= 0.6 is 0 Å². The number of hydrogen-bond acceptors (Lipinski definition) is 3. The van der Waals surface area contributed by atoms with Crippen LogP contribution in [-0.4, -0.2) is 30.2 Å². The molecule has 0 aromatic rings. The third-order valence-corrected chi connectivity index (χ3v) is 3.54. The molecule has 0 aromatic carbocycles. The van der Waals surface area contributed by atoms with Gasteiger partial charge in [-0.25, -0.2) is 4.79 Å². The average molecular weight is 343 g/mol. The fourth-order valence-electron chi connectivity index (χ4n) is 2.39. The van der Waals surface area contributed by atoms with E-state index in [9.17, 15) is 9.59 Å². The van der Waals surface area contributed by atoms with E-state index < -0.39 is 17.7 Å². The summed E-state index contributed by atoms with van der Waals surface area (Å²) >= 11 is 0. The number of alkyl carbamates (subject to hydrolysis) is 1. The number of unbranched alkanes of at least 4 members (excludes halogenated alkanes) is 5. The quantitative estimate of drug-likeness (QED) is 0.547. The number of carbonyl (C=O) groups excluding carboxylic acids is 2. The molecule has 0 aliphatic carbocycles. The number of ether oxygens (including phenoxy) is 1. The van der Waals surface area contributed by atoms with E-state index in [-0.39, 0.29) is 5.91 Å². The number of nitrogens with one attached hydrogen (secondary N) is 2. The molecule has 5 heteroatoms. The van der Waals surface area contributed by atoms with Crippen LogP contribution in [0.4, 0.5) is 4.79 Å². The summed E-state index contributed by atoms with van der Waals surface area (Å²) in [7, 11) is 0. The summed E-state index contributed by atoms with van der Waals surface area (Å²) in [6.45, 7) is 12.4. The lowest BCUT2D eigenvalue weighted by Gasteiger charge is -2.24. The third-order valence-electron chi connectivity index (χ3n) is 3.54. The fraction of sp³-hybridized carbons (Fsp3) is 0.895. The van der Waals surface area contributed by atoms with Gasteiger partial charge < -0.3 is 15.4 Å². The van der Waals surface area contributed by atoms with E-state index in [1.807, 2.05) is 34.6 Å². The Morgan fingerprint density at radius 2 is 1.58 bits per heavy atom. The predicted molar refractivity (Wildman–Crippen MR) is 99.0 cm³/mol. The van der Waals surface area contributed by atoms with Crippen molar-refractivity contribution in [2.45, 2.75) is 98.1 Å². The van der Waals surface area contributed by atoms with Gasteiger partial charge in [0.15, 0.2) is 0 Å². The predicted octanol–water partition coefficient (Wildman–Crippen LogP) is 4.40. The SMILES string of the molecule is CCCCCCCCNC(=O)[C@H](CC(C)C)NC(=O)OC(C)(C)C. The van der Waals surface area contributed by atoms with Crippen molar-refractivity contribution < 1.29 is 14.3 Å². The minimum Gasteiger partial charge on any atom is -0.444 e. The van der Waals surface area contributed by atoms with E-state index in [4.69, 9.17) is 4.74 Å². The van der Waals surface area contributed by atoms with Gasteiger partial charge in [-0.05, 0) is 39.5 Å². The smallest absolute Gasteiger partial charge is 0.408 e. The molecule has 0 fully saturated rings. The van der Waals surface area contributed by atoms with Crippen molar-refractivity contribution in [1.82, 2.24) is 10.6 Å². The molecule has 5 nitrogen and oxygen atoms in total. The van der Waals surface area contributed by atoms with Crippen molar-refractivity contribution >= 4 is 12.0 Å². The molecule has 0 aliphatic heterocycles. The molecule has 0 aliphatic rings. The molecule has 0 saturated carbocycles. The first kappa shape index (κ1) is 22.7. The van der Waals surface area contributed by atoms with Crippen LogP contribution in [-0.2, 0) is 9.53 Å². The Kier molecular flexibility index (Phi) is 11.5. The van der Waals surface area contributed by atoms with E-state index >= 15 is 0 Å². The summed E-state index contributed by atoms with van der Waals surface area (Å²) < 4.78 is 5.25. The molecule has 2 N–H and O–H groups in total. The zero-order chi connectivity index (χ0) is 18.6. The van der Waals surface area contributed by atoms with Gasteiger partial charge in [0.25, 0.3) is 0 Å². The minimum absolute atomic E-state index is 0.122. The summed E-state index contributed by atoms with van der Waals surface area (Å²) in [6, 6.07) is -0.542. The topological polar surface area (TPSA) is 67.4 Å². The van der Waals surface area contributed by atoms with Crippen LogP contribution in [0.1, 0.15) is 86.5 Å². The molecule has 2 amide bonds. The highest BCUT2D eigenvalue weighted by molar-refractivity contribution is 5.85. The Hall–Kier alpha value is -1.26. The van der Waals surface area contributed by atoms with Crippen molar-refractivity contribution in [2.75, 3.05) is 6.54 Å². The average Bonchev–Trinajstić information content (AvgIpc) is 2.42. The Balaban J connectivity index is 4.23. The summed E-state index contributed by atoms with van der Waals surface area (Å²) in [5, 5.41) is 5.64. The summed E-state index contributed by atoms with van der Waals surface area (Å²) in [5.74, 6) is 0.188. The van der Waals surface area contributed by atoms with Crippen LogP contribution in [0.3, 0.4) is 0 Å². The van der Waals surface area contributed by atoms with Gasteiger partial charge >= 0.3 is 6.09 Å². The Bertz CT molecular complexity index is 362. The number of carbonyl (C=O) groups is 2. The molecule has 0 saturated heterocycles. The molecule has 142 valence electrons. The monoisotopic (exact) mass is 342 g/mol. The highest BCUT2D eigenvalue weighted by Gasteiger charge is 2.24. The second kappa shape index (κ2) is 12.2. The Morgan fingerprint density at radius 1 is 1.00 bits per heavy atom. The zero-order valence-corrected chi connectivity index (χ0v) is 16.5. The van der Waals surface area contributed by atoms with Crippen LogP contribution in [0.5, 0.6) is 0 Å². The standard InChI is InChI=1S/C19H38N2O3/c1-7-8-9-10-11-12-13-20-17(22)16(14-15(2)3)21-18(23)24-19(4,5)6/h15-16H,7-14H2,1-6H3,(H,20,22)(H,21,23)/t16-/m0/s1. The lowest BCUT2D eigenvalue weighted by atomic mass is 10.0. The number of rotatable bonds is 11. The Morgan fingerprint density at radius 3 is 2.12 bits per heavy atom. The van der Waals surface area contributed by atoms with Crippen LogP contribution in [0, 0.1) is 5.92 Å². The van der Waals surface area contributed by atoms with Gasteiger partial charge in [0.2, 0.25) is 5.91 Å². The van der Waals surface area contributed by atoms with Gasteiger partial charge in [-0.2, -0.15) is 0 Å². The maximum absolute atomic E-state index is 12.3. The lowest BCUT2D eigenvalue weighted by molar-refractivity contribution is -0.123. The fourth-order valence-corrected chi connectivity index (χ4v) is 2.39.